The smallest absolute Gasteiger partial charge is 0.387 e. The molecule has 14 nitrogen and oxygen atoms in total. The predicted molar refractivity (Wildman–Crippen MR) is 75.4 cm³/mol. The van der Waals surface area contributed by atoms with E-state index in [4.69, 9.17) is 19.4 Å². The average Bonchev–Trinajstić information content (AvgIpc) is 2.71. The molecule has 2 fully saturated rings. The highest BCUT2D eigenvalue weighted by atomic mass is 31.3. The maximum absolute atomic E-state index is 11.8. The molecular formula is C9H18N2O12P2. The maximum atomic E-state index is 11.8. The lowest BCUT2D eigenvalue weighted by molar-refractivity contribution is -0.0887. The van der Waals surface area contributed by atoms with Crippen LogP contribution in [-0.2, 0) is 22.7 Å². The zero-order valence-electron chi connectivity index (χ0n) is 12.5. The lowest BCUT2D eigenvalue weighted by atomic mass is 10.1. The molecule has 0 aromatic carbocycles. The Bertz CT molecular complexity index is 597. The van der Waals surface area contributed by atoms with Crippen LogP contribution in [0, 0.1) is 0 Å². The van der Waals surface area contributed by atoms with Crippen LogP contribution in [0.2, 0.25) is 0 Å². The number of amides is 2. The molecule has 0 spiro atoms. The number of carbonyl (C=O) groups is 1. The van der Waals surface area contributed by atoms with Crippen molar-refractivity contribution in [2.75, 3.05) is 13.2 Å². The van der Waals surface area contributed by atoms with Gasteiger partial charge in [0.05, 0.1) is 6.61 Å². The minimum absolute atomic E-state index is 0.00876. The Morgan fingerprint density at radius 2 is 1.84 bits per heavy atom. The van der Waals surface area contributed by atoms with Crippen LogP contribution in [0.4, 0.5) is 4.79 Å². The summed E-state index contributed by atoms with van der Waals surface area (Å²) < 4.78 is 35.0. The van der Waals surface area contributed by atoms with Crippen molar-refractivity contribution in [3.05, 3.63) is 0 Å². The first-order valence-corrected chi connectivity index (χ1v) is 9.93. The molecule has 0 aliphatic carbocycles. The molecule has 2 aliphatic heterocycles. The fraction of sp³-hybridized carbons (Fsp3) is 0.889. The quantitative estimate of drug-likeness (QED) is 0.225. The summed E-state index contributed by atoms with van der Waals surface area (Å²) in [5.74, 6) is 0. The first-order chi connectivity index (χ1) is 11.4. The van der Waals surface area contributed by atoms with Gasteiger partial charge in [0.1, 0.15) is 24.5 Å². The molecule has 2 amide bonds. The van der Waals surface area contributed by atoms with Crippen LogP contribution in [0.25, 0.3) is 0 Å². The number of hydrogen-bond acceptors (Lipinski definition) is 9. The summed E-state index contributed by atoms with van der Waals surface area (Å²) in [6.07, 6.45) is -6.85. The monoisotopic (exact) mass is 408 g/mol. The Morgan fingerprint density at radius 3 is 2.40 bits per heavy atom. The molecule has 0 bridgehead atoms. The second kappa shape index (κ2) is 7.55. The number of aliphatic hydroxyl groups is 3. The van der Waals surface area contributed by atoms with E-state index in [1.807, 2.05) is 0 Å². The molecular weight excluding hydrogens is 390 g/mol. The minimum Gasteiger partial charge on any atom is -0.387 e. The molecule has 2 saturated heterocycles. The van der Waals surface area contributed by atoms with Crippen LogP contribution in [0.5, 0.6) is 0 Å². The molecule has 7 N–H and O–H groups in total. The largest absolute Gasteiger partial charge is 0.481 e. The van der Waals surface area contributed by atoms with Gasteiger partial charge in [-0.05, 0) is 0 Å². The van der Waals surface area contributed by atoms with Crippen molar-refractivity contribution in [1.82, 2.24) is 10.2 Å². The third-order valence-corrected chi connectivity index (χ3v) is 5.60. The summed E-state index contributed by atoms with van der Waals surface area (Å²) in [6, 6.07) is -0.755. The Morgan fingerprint density at radius 1 is 1.20 bits per heavy atom. The van der Waals surface area contributed by atoms with E-state index in [1.165, 1.54) is 0 Å². The van der Waals surface area contributed by atoms with E-state index < -0.39 is 59.1 Å². The zero-order chi connectivity index (χ0) is 19.0. The van der Waals surface area contributed by atoms with Crippen molar-refractivity contribution in [2.45, 2.75) is 37.2 Å². The molecule has 146 valence electrons. The van der Waals surface area contributed by atoms with Gasteiger partial charge in [-0.2, -0.15) is 4.31 Å². The van der Waals surface area contributed by atoms with Gasteiger partial charge in [-0.3, -0.25) is 9.42 Å². The molecule has 0 aromatic heterocycles. The molecule has 6 atom stereocenters. The maximum Gasteiger partial charge on any atom is 0.481 e. The van der Waals surface area contributed by atoms with Crippen LogP contribution in [0.15, 0.2) is 0 Å². The lowest BCUT2D eigenvalue weighted by Crippen LogP contribution is -2.57. The van der Waals surface area contributed by atoms with Gasteiger partial charge in [0.2, 0.25) is 0 Å². The third kappa shape index (κ3) is 5.42. The average molecular weight is 408 g/mol. The number of urea groups is 1. The van der Waals surface area contributed by atoms with Crippen LogP contribution in [0.3, 0.4) is 0 Å². The fourth-order valence-corrected chi connectivity index (χ4v) is 3.95. The van der Waals surface area contributed by atoms with Gasteiger partial charge < -0.3 is 40.1 Å². The van der Waals surface area contributed by atoms with Crippen LogP contribution in [0.1, 0.15) is 6.42 Å². The standard InChI is InChI=1S/C9H18N2O12P2/c12-5-1-2-11(9(15)10-5)8-7(14)6(13)4(22-8)3-21-25(19,20)23-24(16,17)18/h4-8,12-14H,1-3H2,(H,10,15)(H,19,20)(H2,16,17,18)/t4-,5?,6-,7-,8-/m1/s1. The summed E-state index contributed by atoms with van der Waals surface area (Å²) in [7, 11) is -10.4. The molecule has 2 heterocycles. The third-order valence-electron chi connectivity index (χ3n) is 3.45. The second-order valence-electron chi connectivity index (χ2n) is 5.33. The van der Waals surface area contributed by atoms with Crippen molar-refractivity contribution < 1.29 is 57.5 Å². The molecule has 2 unspecified atom stereocenters. The van der Waals surface area contributed by atoms with E-state index in [-0.39, 0.29) is 13.0 Å². The minimum atomic E-state index is -5.30. The first kappa shape index (κ1) is 20.7. The molecule has 25 heavy (non-hydrogen) atoms. The van der Waals surface area contributed by atoms with Gasteiger partial charge in [-0.1, -0.05) is 0 Å². The lowest BCUT2D eigenvalue weighted by Gasteiger charge is -2.35. The Kier molecular flexibility index (Phi) is 6.24. The van der Waals surface area contributed by atoms with Crippen LogP contribution < -0.4 is 5.32 Å². The van der Waals surface area contributed by atoms with Crippen molar-refractivity contribution in [2.24, 2.45) is 0 Å². The normalized spacial score (nSPS) is 36.2. The number of aliphatic hydroxyl groups excluding tert-OH is 3. The number of rotatable bonds is 6. The van der Waals surface area contributed by atoms with Gasteiger partial charge >= 0.3 is 21.7 Å². The van der Waals surface area contributed by atoms with Crippen LogP contribution >= 0.6 is 15.6 Å². The zero-order valence-corrected chi connectivity index (χ0v) is 14.3. The number of phosphoric ester groups is 1. The SMILES string of the molecule is O=C1NC(O)CCN1[C@@H]1O[C@H](COP(=O)(O)OP(=O)(O)O)[C@@H](O)[C@H]1O. The van der Waals surface area contributed by atoms with Crippen molar-refractivity contribution >= 4 is 21.7 Å². The highest BCUT2D eigenvalue weighted by Gasteiger charge is 2.48. The predicted octanol–water partition coefficient (Wildman–Crippen LogP) is -2.61. The number of nitrogens with zero attached hydrogens (tertiary/aromatic N) is 1. The number of ether oxygens (including phenoxy) is 1. The van der Waals surface area contributed by atoms with E-state index in [9.17, 15) is 29.2 Å². The number of carbonyl (C=O) groups excluding carboxylic acids is 1. The van der Waals surface area contributed by atoms with Crippen molar-refractivity contribution in [3.8, 4) is 0 Å². The van der Waals surface area contributed by atoms with Gasteiger partial charge in [-0.25, -0.2) is 13.9 Å². The molecule has 0 aromatic rings. The Labute approximate surface area is 140 Å². The number of phosphoric acid groups is 2. The van der Waals surface area contributed by atoms with Gasteiger partial charge in [-0.15, -0.1) is 0 Å². The summed E-state index contributed by atoms with van der Waals surface area (Å²) in [5, 5.41) is 31.4. The first-order valence-electron chi connectivity index (χ1n) is 6.90. The van der Waals surface area contributed by atoms with Gasteiger partial charge in [0.25, 0.3) is 0 Å². The molecule has 2 rings (SSSR count). The highest BCUT2D eigenvalue weighted by molar-refractivity contribution is 7.60. The topological polar surface area (TPSA) is 216 Å². The molecule has 0 radical (unpaired) electrons. The summed E-state index contributed by atoms with van der Waals surface area (Å²) >= 11 is 0. The van der Waals surface area contributed by atoms with Gasteiger partial charge in [0.15, 0.2) is 6.23 Å². The summed E-state index contributed by atoms with van der Waals surface area (Å²) in [4.78, 5) is 38.9. The fourth-order valence-electron chi connectivity index (χ4n) is 2.35. The van der Waals surface area contributed by atoms with E-state index in [2.05, 4.69) is 14.2 Å². The van der Waals surface area contributed by atoms with E-state index in [0.29, 0.717) is 0 Å². The number of hydrogen-bond donors (Lipinski definition) is 7. The molecule has 16 heteroatoms. The van der Waals surface area contributed by atoms with Crippen LogP contribution in [-0.4, -0.2) is 84.9 Å². The van der Waals surface area contributed by atoms with Gasteiger partial charge in [0, 0.05) is 13.0 Å². The molecule has 2 aliphatic rings. The Balaban J connectivity index is 1.97. The van der Waals surface area contributed by atoms with Crippen molar-refractivity contribution in [1.29, 1.82) is 0 Å². The summed E-state index contributed by atoms with van der Waals surface area (Å²) in [5.41, 5.74) is 0. The number of nitrogens with one attached hydrogen (secondary N) is 1. The summed E-state index contributed by atoms with van der Waals surface area (Å²) in [6.45, 7) is -0.852. The van der Waals surface area contributed by atoms with E-state index in [0.717, 1.165) is 4.90 Å². The second-order valence-corrected chi connectivity index (χ2v) is 8.16. The Hall–Kier alpha value is -0.630. The highest BCUT2D eigenvalue weighted by Crippen LogP contribution is 2.57. The van der Waals surface area contributed by atoms with E-state index >= 15 is 0 Å². The van der Waals surface area contributed by atoms with Crippen molar-refractivity contribution in [3.63, 3.8) is 0 Å². The molecule has 0 saturated carbocycles. The van der Waals surface area contributed by atoms with E-state index in [1.54, 1.807) is 0 Å².